The Morgan fingerprint density at radius 3 is 2.76 bits per heavy atom. The van der Waals surface area contributed by atoms with E-state index in [2.05, 4.69) is 20.4 Å². The van der Waals surface area contributed by atoms with Crippen molar-refractivity contribution in [3.05, 3.63) is 12.7 Å². The van der Waals surface area contributed by atoms with Crippen LogP contribution in [0.25, 0.3) is 0 Å². The zero-order valence-electron chi connectivity index (χ0n) is 10.2. The van der Waals surface area contributed by atoms with E-state index >= 15 is 0 Å². The van der Waals surface area contributed by atoms with Crippen LogP contribution in [0.1, 0.15) is 33.6 Å². The molecule has 0 aliphatic carbocycles. The third-order valence-electron chi connectivity index (χ3n) is 1.99. The second-order valence-electron chi connectivity index (χ2n) is 3.78. The highest BCUT2D eigenvalue weighted by Crippen LogP contribution is 2.02. The highest BCUT2D eigenvalue weighted by Gasteiger charge is 2.09. The van der Waals surface area contributed by atoms with Crippen molar-refractivity contribution in [1.29, 1.82) is 0 Å². The molecular weight excluding hydrogens is 222 g/mol. The van der Waals surface area contributed by atoms with Gasteiger partial charge in [-0.05, 0) is 6.42 Å². The van der Waals surface area contributed by atoms with Crippen LogP contribution in [-0.2, 0) is 4.84 Å². The quantitative estimate of drug-likeness (QED) is 0.375. The summed E-state index contributed by atoms with van der Waals surface area (Å²) in [6.07, 6.45) is 4.56. The van der Waals surface area contributed by atoms with Gasteiger partial charge in [-0.25, -0.2) is 9.67 Å². The summed E-state index contributed by atoms with van der Waals surface area (Å²) in [4.78, 5) is 8.93. The lowest BCUT2D eigenvalue weighted by molar-refractivity contribution is 0.247. The van der Waals surface area contributed by atoms with E-state index in [1.807, 2.05) is 20.8 Å². The lowest BCUT2D eigenvalue weighted by Gasteiger charge is -2.07. The SMILES string of the molecule is CCC/C(=N\O/C(=N\O)C(C)C)n1cncn1. The van der Waals surface area contributed by atoms with E-state index in [1.54, 1.807) is 6.33 Å². The smallest absolute Gasteiger partial charge is 0.263 e. The molecule has 1 rings (SSSR count). The van der Waals surface area contributed by atoms with Crippen LogP contribution in [0.5, 0.6) is 0 Å². The molecular formula is C10H17N5O2. The van der Waals surface area contributed by atoms with Crippen LogP contribution >= 0.6 is 0 Å². The van der Waals surface area contributed by atoms with E-state index in [9.17, 15) is 0 Å². The molecule has 0 unspecified atom stereocenters. The average molecular weight is 239 g/mol. The van der Waals surface area contributed by atoms with Crippen molar-refractivity contribution in [1.82, 2.24) is 14.8 Å². The van der Waals surface area contributed by atoms with Gasteiger partial charge in [0.05, 0.1) is 0 Å². The standard InChI is InChI=1S/C10H17N5O2/c1-4-5-9(15-7-11-6-12-15)14-17-10(13-16)8(2)3/h6-8,16H,4-5H2,1-3H3/b13-10-,14-9+. The Hall–Kier alpha value is -1.92. The summed E-state index contributed by atoms with van der Waals surface area (Å²) < 4.78 is 1.53. The summed E-state index contributed by atoms with van der Waals surface area (Å²) in [6, 6.07) is 0. The zero-order valence-corrected chi connectivity index (χ0v) is 10.2. The van der Waals surface area contributed by atoms with Crippen molar-refractivity contribution in [3.63, 3.8) is 0 Å². The highest BCUT2D eigenvalue weighted by molar-refractivity contribution is 5.84. The van der Waals surface area contributed by atoms with Gasteiger partial charge in [0.2, 0.25) is 0 Å². The number of oxime groups is 2. The summed E-state index contributed by atoms with van der Waals surface area (Å²) in [5, 5.41) is 19.7. The van der Waals surface area contributed by atoms with E-state index in [0.717, 1.165) is 6.42 Å². The number of rotatable bonds is 4. The maximum Gasteiger partial charge on any atom is 0.263 e. The maximum atomic E-state index is 8.73. The zero-order chi connectivity index (χ0) is 12.7. The Morgan fingerprint density at radius 1 is 1.53 bits per heavy atom. The molecule has 0 aromatic carbocycles. The average Bonchev–Trinajstić information content (AvgIpc) is 2.81. The molecule has 0 atom stereocenters. The Bertz CT molecular complexity index is 383. The van der Waals surface area contributed by atoms with Crippen LogP contribution in [0.2, 0.25) is 0 Å². The van der Waals surface area contributed by atoms with E-state index in [4.69, 9.17) is 10.0 Å². The lowest BCUT2D eigenvalue weighted by atomic mass is 10.2. The molecule has 0 aliphatic heterocycles. The summed E-state index contributed by atoms with van der Waals surface area (Å²) >= 11 is 0. The van der Waals surface area contributed by atoms with Crippen molar-refractivity contribution in [3.8, 4) is 0 Å². The second kappa shape index (κ2) is 6.62. The number of aromatic nitrogens is 3. The predicted molar refractivity (Wildman–Crippen MR) is 62.9 cm³/mol. The summed E-state index contributed by atoms with van der Waals surface area (Å²) in [6.45, 7) is 5.72. The normalized spacial score (nSPS) is 13.2. The van der Waals surface area contributed by atoms with E-state index in [0.29, 0.717) is 12.3 Å². The Labute approximate surface area is 99.8 Å². The number of hydrogen-bond acceptors (Lipinski definition) is 6. The number of hydrogen-bond donors (Lipinski definition) is 1. The van der Waals surface area contributed by atoms with E-state index < -0.39 is 0 Å². The van der Waals surface area contributed by atoms with E-state index in [1.165, 1.54) is 11.0 Å². The molecule has 0 fully saturated rings. The molecule has 0 radical (unpaired) electrons. The van der Waals surface area contributed by atoms with Gasteiger partial charge in [0.1, 0.15) is 12.7 Å². The van der Waals surface area contributed by atoms with Crippen molar-refractivity contribution in [2.45, 2.75) is 33.6 Å². The monoisotopic (exact) mass is 239 g/mol. The molecule has 7 nitrogen and oxygen atoms in total. The third kappa shape index (κ3) is 3.86. The largest absolute Gasteiger partial charge is 0.408 e. The molecule has 0 spiro atoms. The fourth-order valence-electron chi connectivity index (χ4n) is 1.11. The fourth-order valence-corrected chi connectivity index (χ4v) is 1.11. The van der Waals surface area contributed by atoms with Gasteiger partial charge in [-0.2, -0.15) is 5.10 Å². The summed E-state index contributed by atoms with van der Waals surface area (Å²) in [5.41, 5.74) is 0. The molecule has 17 heavy (non-hydrogen) atoms. The molecule has 1 N–H and O–H groups in total. The van der Waals surface area contributed by atoms with Crippen LogP contribution in [0.15, 0.2) is 23.0 Å². The topological polar surface area (TPSA) is 84.9 Å². The first-order valence-corrected chi connectivity index (χ1v) is 5.49. The van der Waals surface area contributed by atoms with Crippen LogP contribution in [0.3, 0.4) is 0 Å². The Balaban J connectivity index is 2.78. The first-order valence-electron chi connectivity index (χ1n) is 5.49. The van der Waals surface area contributed by atoms with Crippen LogP contribution in [-0.4, -0.2) is 31.7 Å². The number of nitrogens with zero attached hydrogens (tertiary/aromatic N) is 5. The minimum absolute atomic E-state index is 0.0395. The summed E-state index contributed by atoms with van der Waals surface area (Å²) in [5.74, 6) is 0.743. The van der Waals surface area contributed by atoms with Gasteiger partial charge in [-0.1, -0.05) is 31.1 Å². The Morgan fingerprint density at radius 2 is 2.29 bits per heavy atom. The van der Waals surface area contributed by atoms with Gasteiger partial charge in [0.25, 0.3) is 5.90 Å². The van der Waals surface area contributed by atoms with Crippen molar-refractivity contribution in [2.24, 2.45) is 16.2 Å². The lowest BCUT2D eigenvalue weighted by Crippen LogP contribution is -2.16. The molecule has 0 saturated heterocycles. The van der Waals surface area contributed by atoms with Gasteiger partial charge in [-0.15, -0.1) is 0 Å². The molecule has 1 aromatic heterocycles. The third-order valence-corrected chi connectivity index (χ3v) is 1.99. The minimum Gasteiger partial charge on any atom is -0.408 e. The molecule has 94 valence electrons. The second-order valence-corrected chi connectivity index (χ2v) is 3.78. The fraction of sp³-hybridized carbons (Fsp3) is 0.600. The van der Waals surface area contributed by atoms with Crippen molar-refractivity contribution in [2.75, 3.05) is 0 Å². The first kappa shape index (κ1) is 13.1. The van der Waals surface area contributed by atoms with Gasteiger partial charge in [-0.3, -0.25) is 0 Å². The van der Waals surface area contributed by atoms with Crippen molar-refractivity contribution >= 4 is 11.7 Å². The van der Waals surface area contributed by atoms with Crippen molar-refractivity contribution < 1.29 is 10.0 Å². The van der Waals surface area contributed by atoms with Crippen LogP contribution in [0.4, 0.5) is 0 Å². The molecule has 0 aliphatic rings. The molecule has 1 aromatic rings. The minimum atomic E-state index is -0.0395. The maximum absolute atomic E-state index is 8.73. The van der Waals surface area contributed by atoms with E-state index in [-0.39, 0.29) is 11.8 Å². The van der Waals surface area contributed by atoms with Gasteiger partial charge in [0, 0.05) is 12.3 Å². The van der Waals surface area contributed by atoms with Gasteiger partial charge in [0.15, 0.2) is 5.84 Å². The van der Waals surface area contributed by atoms with Gasteiger partial charge >= 0.3 is 0 Å². The van der Waals surface area contributed by atoms with Gasteiger partial charge < -0.3 is 10.0 Å². The predicted octanol–water partition coefficient (Wildman–Crippen LogP) is 1.70. The molecule has 0 saturated carbocycles. The molecule has 0 amide bonds. The van der Waals surface area contributed by atoms with Crippen LogP contribution < -0.4 is 0 Å². The first-order chi connectivity index (χ1) is 8.19. The molecule has 7 heteroatoms. The summed E-state index contributed by atoms with van der Waals surface area (Å²) in [7, 11) is 0. The molecule has 0 bridgehead atoms. The van der Waals surface area contributed by atoms with Crippen LogP contribution in [0, 0.1) is 5.92 Å². The Kier molecular flexibility index (Phi) is 5.12. The molecule has 1 heterocycles. The highest BCUT2D eigenvalue weighted by atomic mass is 16.7.